The van der Waals surface area contributed by atoms with Crippen LogP contribution in [0.2, 0.25) is 0 Å². The molecular formula is C11H16N4O4. The van der Waals surface area contributed by atoms with Gasteiger partial charge in [-0.2, -0.15) is 5.10 Å². The molecule has 19 heavy (non-hydrogen) atoms. The number of hydrogen-bond acceptors (Lipinski definition) is 5. The van der Waals surface area contributed by atoms with Crippen LogP contribution in [-0.4, -0.2) is 28.2 Å². The standard InChI is InChI=1S/C11H16N4O4/c1-3-4-8(2)14(11(12)16)13-7-9-5-6-10(19-9)15(17)18/h5-8H,3-4H2,1-2H3,(H2,12,16)/b13-7+. The molecule has 1 rings (SSSR count). The molecule has 8 nitrogen and oxygen atoms in total. The van der Waals surface area contributed by atoms with Gasteiger partial charge in [-0.05, 0) is 19.4 Å². The summed E-state index contributed by atoms with van der Waals surface area (Å²) < 4.78 is 4.89. The Morgan fingerprint density at radius 1 is 1.68 bits per heavy atom. The Morgan fingerprint density at radius 2 is 2.37 bits per heavy atom. The van der Waals surface area contributed by atoms with Crippen LogP contribution in [0.25, 0.3) is 0 Å². The molecule has 1 atom stereocenters. The van der Waals surface area contributed by atoms with E-state index in [-0.39, 0.29) is 17.7 Å². The van der Waals surface area contributed by atoms with Gasteiger partial charge in [-0.15, -0.1) is 0 Å². The van der Waals surface area contributed by atoms with Gasteiger partial charge in [-0.25, -0.2) is 9.80 Å². The first-order valence-electron chi connectivity index (χ1n) is 5.82. The van der Waals surface area contributed by atoms with Gasteiger partial charge in [0.25, 0.3) is 0 Å². The molecule has 2 amide bonds. The summed E-state index contributed by atoms with van der Waals surface area (Å²) in [6, 6.07) is 1.78. The van der Waals surface area contributed by atoms with Crippen molar-refractivity contribution in [2.24, 2.45) is 10.8 Å². The number of hydrazone groups is 1. The number of furan rings is 1. The van der Waals surface area contributed by atoms with Crippen LogP contribution in [0.5, 0.6) is 0 Å². The Hall–Kier alpha value is -2.38. The number of carbonyl (C=O) groups excluding carboxylic acids is 1. The number of nitrogens with two attached hydrogens (primary N) is 1. The molecule has 0 saturated heterocycles. The molecule has 2 N–H and O–H groups in total. The molecule has 1 heterocycles. The van der Waals surface area contributed by atoms with Crippen LogP contribution in [0, 0.1) is 10.1 Å². The zero-order valence-corrected chi connectivity index (χ0v) is 10.8. The zero-order valence-electron chi connectivity index (χ0n) is 10.8. The lowest BCUT2D eigenvalue weighted by atomic mass is 10.2. The monoisotopic (exact) mass is 268 g/mol. The fourth-order valence-electron chi connectivity index (χ4n) is 1.56. The van der Waals surface area contributed by atoms with Gasteiger partial charge >= 0.3 is 11.9 Å². The van der Waals surface area contributed by atoms with Crippen molar-refractivity contribution in [1.29, 1.82) is 0 Å². The lowest BCUT2D eigenvalue weighted by molar-refractivity contribution is -0.402. The highest BCUT2D eigenvalue weighted by Gasteiger charge is 2.16. The minimum absolute atomic E-state index is 0.149. The van der Waals surface area contributed by atoms with Crippen LogP contribution in [0.3, 0.4) is 0 Å². The molecule has 1 unspecified atom stereocenters. The Labute approximate surface area is 110 Å². The highest BCUT2D eigenvalue weighted by molar-refractivity contribution is 5.79. The first kappa shape index (κ1) is 14.7. The van der Waals surface area contributed by atoms with Crippen molar-refractivity contribution in [1.82, 2.24) is 5.01 Å². The molecular weight excluding hydrogens is 252 g/mol. The average molecular weight is 268 g/mol. The second kappa shape index (κ2) is 6.53. The zero-order chi connectivity index (χ0) is 14.4. The Balaban J connectivity index is 2.80. The lowest BCUT2D eigenvalue weighted by Gasteiger charge is -2.21. The summed E-state index contributed by atoms with van der Waals surface area (Å²) in [4.78, 5) is 21.0. The normalized spacial score (nSPS) is 12.5. The average Bonchev–Trinajstić information content (AvgIpc) is 2.78. The van der Waals surface area contributed by atoms with Gasteiger partial charge < -0.3 is 10.2 Å². The van der Waals surface area contributed by atoms with Crippen LogP contribution in [0.15, 0.2) is 21.7 Å². The van der Waals surface area contributed by atoms with E-state index in [4.69, 9.17) is 10.2 Å². The molecule has 0 spiro atoms. The topological polar surface area (TPSA) is 115 Å². The van der Waals surface area contributed by atoms with E-state index in [2.05, 4.69) is 5.10 Å². The third kappa shape index (κ3) is 4.09. The van der Waals surface area contributed by atoms with Crippen molar-refractivity contribution in [3.63, 3.8) is 0 Å². The van der Waals surface area contributed by atoms with Gasteiger partial charge in [0.1, 0.15) is 4.92 Å². The third-order valence-electron chi connectivity index (χ3n) is 2.45. The summed E-state index contributed by atoms with van der Waals surface area (Å²) in [5.41, 5.74) is 5.22. The fourth-order valence-corrected chi connectivity index (χ4v) is 1.56. The SMILES string of the molecule is CCCC(C)N(/N=C/c1ccc([N+](=O)[O-])o1)C(N)=O. The maximum Gasteiger partial charge on any atom is 0.433 e. The van der Waals surface area contributed by atoms with Gasteiger partial charge in [-0.1, -0.05) is 13.3 Å². The Kier molecular flexibility index (Phi) is 5.04. The third-order valence-corrected chi connectivity index (χ3v) is 2.45. The van der Waals surface area contributed by atoms with E-state index in [9.17, 15) is 14.9 Å². The van der Waals surface area contributed by atoms with Crippen molar-refractivity contribution in [2.75, 3.05) is 0 Å². The summed E-state index contributed by atoms with van der Waals surface area (Å²) in [5, 5.41) is 15.5. The van der Waals surface area contributed by atoms with Gasteiger partial charge in [0, 0.05) is 0 Å². The number of urea groups is 1. The second-order valence-corrected chi connectivity index (χ2v) is 4.00. The second-order valence-electron chi connectivity index (χ2n) is 4.00. The number of hydrogen-bond donors (Lipinski definition) is 1. The van der Waals surface area contributed by atoms with E-state index >= 15 is 0 Å². The van der Waals surface area contributed by atoms with E-state index < -0.39 is 11.0 Å². The van der Waals surface area contributed by atoms with Crippen molar-refractivity contribution < 1.29 is 14.1 Å². The van der Waals surface area contributed by atoms with Gasteiger partial charge in [-0.3, -0.25) is 10.1 Å². The molecule has 0 aromatic carbocycles. The first-order valence-corrected chi connectivity index (χ1v) is 5.82. The van der Waals surface area contributed by atoms with E-state index in [0.29, 0.717) is 0 Å². The lowest BCUT2D eigenvalue weighted by Crippen LogP contribution is -2.38. The molecule has 104 valence electrons. The predicted octanol–water partition coefficient (Wildman–Crippen LogP) is 2.09. The molecule has 0 aliphatic carbocycles. The first-order chi connectivity index (χ1) is 8.95. The number of rotatable bonds is 6. The summed E-state index contributed by atoms with van der Waals surface area (Å²) in [6.45, 7) is 3.80. The molecule has 8 heteroatoms. The van der Waals surface area contributed by atoms with Crippen molar-refractivity contribution in [2.45, 2.75) is 32.7 Å². The van der Waals surface area contributed by atoms with E-state index in [1.165, 1.54) is 18.3 Å². The van der Waals surface area contributed by atoms with Crippen molar-refractivity contribution in [3.8, 4) is 0 Å². The largest absolute Gasteiger partial charge is 0.433 e. The summed E-state index contributed by atoms with van der Waals surface area (Å²) >= 11 is 0. The molecule has 0 radical (unpaired) electrons. The molecule has 1 aromatic heterocycles. The molecule has 0 saturated carbocycles. The minimum atomic E-state index is -0.682. The maximum absolute atomic E-state index is 11.2. The molecule has 0 bridgehead atoms. The molecule has 1 aromatic rings. The fraction of sp³-hybridized carbons (Fsp3) is 0.455. The predicted molar refractivity (Wildman–Crippen MR) is 68.7 cm³/mol. The van der Waals surface area contributed by atoms with Gasteiger partial charge in [0.05, 0.1) is 18.3 Å². The smallest absolute Gasteiger partial charge is 0.400 e. The number of carbonyl (C=O) groups is 1. The number of nitrogens with zero attached hydrogens (tertiary/aromatic N) is 3. The van der Waals surface area contributed by atoms with Crippen LogP contribution in [0.4, 0.5) is 10.7 Å². The Morgan fingerprint density at radius 3 is 2.84 bits per heavy atom. The van der Waals surface area contributed by atoms with Gasteiger partial charge in [0.15, 0.2) is 5.76 Å². The van der Waals surface area contributed by atoms with E-state index in [1.54, 1.807) is 0 Å². The summed E-state index contributed by atoms with van der Waals surface area (Å²) in [7, 11) is 0. The van der Waals surface area contributed by atoms with Crippen LogP contribution < -0.4 is 5.73 Å². The summed E-state index contributed by atoms with van der Waals surface area (Å²) in [5.74, 6) is -0.199. The van der Waals surface area contributed by atoms with Crippen LogP contribution in [-0.2, 0) is 0 Å². The molecule has 0 aliphatic heterocycles. The Bertz CT molecular complexity index is 483. The minimum Gasteiger partial charge on any atom is -0.400 e. The van der Waals surface area contributed by atoms with Crippen molar-refractivity contribution in [3.05, 3.63) is 28.0 Å². The maximum atomic E-state index is 11.2. The highest BCUT2D eigenvalue weighted by Crippen LogP contribution is 2.14. The van der Waals surface area contributed by atoms with E-state index in [1.807, 2.05) is 13.8 Å². The number of amides is 2. The quantitative estimate of drug-likeness (QED) is 0.483. The van der Waals surface area contributed by atoms with Crippen LogP contribution in [0.1, 0.15) is 32.4 Å². The number of nitro groups is 1. The van der Waals surface area contributed by atoms with Crippen LogP contribution >= 0.6 is 0 Å². The van der Waals surface area contributed by atoms with Gasteiger partial charge in [0.2, 0.25) is 0 Å². The van der Waals surface area contributed by atoms with Crippen molar-refractivity contribution >= 4 is 18.1 Å². The number of primary amides is 1. The van der Waals surface area contributed by atoms with E-state index in [0.717, 1.165) is 17.9 Å². The molecule has 0 aliphatic rings. The summed E-state index contributed by atoms with van der Waals surface area (Å²) in [6.07, 6.45) is 2.86. The molecule has 0 fully saturated rings. The highest BCUT2D eigenvalue weighted by atomic mass is 16.6.